The minimum atomic E-state index is -1.28. The maximum absolute atomic E-state index is 12.4. The molecule has 1 N–H and O–H groups in total. The van der Waals surface area contributed by atoms with Crippen molar-refractivity contribution in [3.63, 3.8) is 0 Å². The van der Waals surface area contributed by atoms with E-state index < -0.39 is 15.7 Å². The monoisotopic (exact) mass is 283 g/mol. The maximum Gasteiger partial charge on any atom is 0.135 e. The molecule has 0 bridgehead atoms. The molecule has 2 rings (SSSR count). The minimum absolute atomic E-state index is 0.633. The molecule has 3 heteroatoms. The molecule has 0 aliphatic heterocycles. The molecule has 1 unspecified atom stereocenters. The summed E-state index contributed by atoms with van der Waals surface area (Å²) in [6.45, 7) is 3.74. The van der Waals surface area contributed by atoms with Crippen LogP contribution in [0, 0.1) is 11.8 Å². The van der Waals surface area contributed by atoms with Crippen molar-refractivity contribution >= 4 is 16.7 Å². The summed E-state index contributed by atoms with van der Waals surface area (Å²) < 4.78 is 14.7. The van der Waals surface area contributed by atoms with E-state index in [1.54, 1.807) is 0 Å². The van der Waals surface area contributed by atoms with E-state index >= 15 is 0 Å². The molecule has 0 radical (unpaired) electrons. The topological polar surface area (TPSA) is 29.1 Å². The molecular formula is C17H17NOS. The molecule has 0 saturated heterocycles. The predicted octanol–water partition coefficient (Wildman–Crippen LogP) is 3.59. The van der Waals surface area contributed by atoms with E-state index in [2.05, 4.69) is 16.6 Å². The van der Waals surface area contributed by atoms with E-state index in [0.29, 0.717) is 0 Å². The summed E-state index contributed by atoms with van der Waals surface area (Å²) in [4.78, 5) is 0. The lowest BCUT2D eigenvalue weighted by molar-refractivity contribution is 0.670. The summed E-state index contributed by atoms with van der Waals surface area (Å²) in [5, 5.41) is 0. The first-order valence-electron chi connectivity index (χ1n) is 6.40. The van der Waals surface area contributed by atoms with Gasteiger partial charge in [0.25, 0.3) is 0 Å². The standard InChI is InChI=1S/C17H17NOS/c1-17(2,14-13-15-9-5-3-6-10-15)20(19)18-16-11-7-4-8-12-16/h3-12,18H,1-2H3. The number of rotatable bonds is 3. The highest BCUT2D eigenvalue weighted by atomic mass is 32.2. The number of anilines is 1. The molecular weight excluding hydrogens is 266 g/mol. The van der Waals surface area contributed by atoms with Crippen molar-refractivity contribution in [1.29, 1.82) is 0 Å². The Morgan fingerprint density at radius 1 is 0.950 bits per heavy atom. The van der Waals surface area contributed by atoms with Crippen LogP contribution in [0.25, 0.3) is 0 Å². The lowest BCUT2D eigenvalue weighted by Crippen LogP contribution is -2.29. The highest BCUT2D eigenvalue weighted by molar-refractivity contribution is 7.88. The molecule has 1 atom stereocenters. The Balaban J connectivity index is 2.10. The fourth-order valence-corrected chi connectivity index (χ4v) is 2.28. The highest BCUT2D eigenvalue weighted by Crippen LogP contribution is 2.16. The quantitative estimate of drug-likeness (QED) is 0.857. The third-order valence-corrected chi connectivity index (χ3v) is 4.18. The molecule has 2 aromatic carbocycles. The van der Waals surface area contributed by atoms with Crippen molar-refractivity contribution < 1.29 is 4.21 Å². The lowest BCUT2D eigenvalue weighted by Gasteiger charge is -2.18. The van der Waals surface area contributed by atoms with Crippen LogP contribution in [0.1, 0.15) is 19.4 Å². The van der Waals surface area contributed by atoms with Crippen molar-refractivity contribution in [3.8, 4) is 11.8 Å². The van der Waals surface area contributed by atoms with Gasteiger partial charge < -0.3 is 4.72 Å². The van der Waals surface area contributed by atoms with Crippen LogP contribution in [0.2, 0.25) is 0 Å². The summed E-state index contributed by atoms with van der Waals surface area (Å²) in [7, 11) is -1.28. The van der Waals surface area contributed by atoms with Gasteiger partial charge in [0.2, 0.25) is 0 Å². The van der Waals surface area contributed by atoms with Crippen LogP contribution >= 0.6 is 0 Å². The van der Waals surface area contributed by atoms with E-state index in [1.807, 2.05) is 74.5 Å². The zero-order valence-electron chi connectivity index (χ0n) is 11.6. The smallest absolute Gasteiger partial charge is 0.135 e. The van der Waals surface area contributed by atoms with Gasteiger partial charge in [-0.15, -0.1) is 0 Å². The maximum atomic E-state index is 12.4. The van der Waals surface area contributed by atoms with Crippen LogP contribution < -0.4 is 4.72 Å². The third-order valence-electron chi connectivity index (χ3n) is 2.73. The predicted molar refractivity (Wildman–Crippen MR) is 85.6 cm³/mol. The molecule has 0 saturated carbocycles. The van der Waals surface area contributed by atoms with Crippen molar-refractivity contribution in [2.75, 3.05) is 4.72 Å². The molecule has 0 aliphatic carbocycles. The summed E-state index contributed by atoms with van der Waals surface area (Å²) in [5.41, 5.74) is 1.76. The Hall–Kier alpha value is -2.05. The molecule has 0 fully saturated rings. The third kappa shape index (κ3) is 3.97. The van der Waals surface area contributed by atoms with Crippen LogP contribution in [0.4, 0.5) is 5.69 Å². The Labute approximate surface area is 122 Å². The van der Waals surface area contributed by atoms with Crippen LogP contribution in [-0.4, -0.2) is 8.96 Å². The summed E-state index contributed by atoms with van der Waals surface area (Å²) in [6.07, 6.45) is 0. The molecule has 2 aromatic rings. The van der Waals surface area contributed by atoms with E-state index in [9.17, 15) is 4.21 Å². The summed E-state index contributed by atoms with van der Waals surface area (Å²) >= 11 is 0. The van der Waals surface area contributed by atoms with E-state index in [4.69, 9.17) is 0 Å². The van der Waals surface area contributed by atoms with Gasteiger partial charge in [0.15, 0.2) is 0 Å². The second kappa shape index (κ2) is 6.40. The molecule has 0 amide bonds. The molecule has 0 aromatic heterocycles. The van der Waals surface area contributed by atoms with Crippen molar-refractivity contribution in [2.24, 2.45) is 0 Å². The van der Waals surface area contributed by atoms with E-state index in [1.165, 1.54) is 0 Å². The lowest BCUT2D eigenvalue weighted by atomic mass is 10.1. The largest absolute Gasteiger partial charge is 0.304 e. The molecule has 0 spiro atoms. The zero-order chi connectivity index (χ0) is 14.4. The van der Waals surface area contributed by atoms with Crippen LogP contribution in [0.3, 0.4) is 0 Å². The van der Waals surface area contributed by atoms with Gasteiger partial charge in [0, 0.05) is 11.3 Å². The summed E-state index contributed by atoms with van der Waals surface area (Å²) in [5.74, 6) is 6.15. The average molecular weight is 283 g/mol. The molecule has 20 heavy (non-hydrogen) atoms. The number of para-hydroxylation sites is 1. The highest BCUT2D eigenvalue weighted by Gasteiger charge is 2.23. The molecule has 102 valence electrons. The number of hydrogen-bond acceptors (Lipinski definition) is 1. The average Bonchev–Trinajstić information content (AvgIpc) is 2.47. The van der Waals surface area contributed by atoms with Crippen LogP contribution in [-0.2, 0) is 11.0 Å². The second-order valence-electron chi connectivity index (χ2n) is 4.86. The zero-order valence-corrected chi connectivity index (χ0v) is 12.4. The first-order chi connectivity index (χ1) is 9.58. The van der Waals surface area contributed by atoms with Gasteiger partial charge >= 0.3 is 0 Å². The fraction of sp³-hybridized carbons (Fsp3) is 0.176. The molecule has 0 heterocycles. The molecule has 0 aliphatic rings. The Morgan fingerprint density at radius 3 is 2.10 bits per heavy atom. The Morgan fingerprint density at radius 2 is 1.50 bits per heavy atom. The summed E-state index contributed by atoms with van der Waals surface area (Å²) in [6, 6.07) is 19.2. The van der Waals surface area contributed by atoms with Gasteiger partial charge in [-0.3, -0.25) is 0 Å². The van der Waals surface area contributed by atoms with E-state index in [-0.39, 0.29) is 0 Å². The SMILES string of the molecule is CC(C)(C#Cc1ccccc1)S(=O)Nc1ccccc1. The van der Waals surface area contributed by atoms with Gasteiger partial charge in [-0.2, -0.15) is 0 Å². The fourth-order valence-electron chi connectivity index (χ4n) is 1.53. The first kappa shape index (κ1) is 14.4. The number of benzene rings is 2. The van der Waals surface area contributed by atoms with Crippen molar-refractivity contribution in [3.05, 3.63) is 66.2 Å². The van der Waals surface area contributed by atoms with Gasteiger partial charge in [0.1, 0.15) is 15.7 Å². The Kier molecular flexibility index (Phi) is 4.60. The van der Waals surface area contributed by atoms with Crippen molar-refractivity contribution in [1.82, 2.24) is 0 Å². The number of hydrogen-bond donors (Lipinski definition) is 1. The normalized spacial score (nSPS) is 12.1. The first-order valence-corrected chi connectivity index (χ1v) is 7.55. The van der Waals surface area contributed by atoms with Gasteiger partial charge in [-0.25, -0.2) is 4.21 Å². The minimum Gasteiger partial charge on any atom is -0.304 e. The molecule has 2 nitrogen and oxygen atoms in total. The van der Waals surface area contributed by atoms with Crippen LogP contribution in [0.15, 0.2) is 60.7 Å². The van der Waals surface area contributed by atoms with Gasteiger partial charge in [-0.05, 0) is 38.1 Å². The van der Waals surface area contributed by atoms with Crippen molar-refractivity contribution in [2.45, 2.75) is 18.6 Å². The number of nitrogens with one attached hydrogen (secondary N) is 1. The van der Waals surface area contributed by atoms with Gasteiger partial charge in [-0.1, -0.05) is 48.2 Å². The Bertz CT molecular complexity index is 639. The van der Waals surface area contributed by atoms with Gasteiger partial charge in [0.05, 0.1) is 0 Å². The van der Waals surface area contributed by atoms with E-state index in [0.717, 1.165) is 11.3 Å². The van der Waals surface area contributed by atoms with Crippen LogP contribution in [0.5, 0.6) is 0 Å². The second-order valence-corrected chi connectivity index (χ2v) is 6.63.